The van der Waals surface area contributed by atoms with E-state index in [4.69, 9.17) is 18.9 Å². The van der Waals surface area contributed by atoms with E-state index in [1.165, 1.54) is 18.7 Å². The second-order valence-electron chi connectivity index (χ2n) is 8.20. The van der Waals surface area contributed by atoms with E-state index in [1.54, 1.807) is 6.07 Å². The molecule has 6 rings (SSSR count). The zero-order chi connectivity index (χ0) is 21.0. The third-order valence-electron chi connectivity index (χ3n) is 6.44. The van der Waals surface area contributed by atoms with Gasteiger partial charge in [-0.2, -0.15) is 0 Å². The Balaban J connectivity index is 1.41. The number of hydrogen-bond acceptors (Lipinski definition) is 5. The first-order chi connectivity index (χ1) is 15.2. The van der Waals surface area contributed by atoms with Gasteiger partial charge in [0.25, 0.3) is 0 Å². The molecular formula is C25H22FNO4. The van der Waals surface area contributed by atoms with Gasteiger partial charge in [-0.3, -0.25) is 0 Å². The molecule has 0 N–H and O–H groups in total. The summed E-state index contributed by atoms with van der Waals surface area (Å²) in [6.45, 7) is 3.07. The minimum atomic E-state index is -0.352. The molecule has 3 heterocycles. The molecule has 0 amide bonds. The molecule has 158 valence electrons. The number of rotatable bonds is 3. The fourth-order valence-corrected chi connectivity index (χ4v) is 5.01. The van der Waals surface area contributed by atoms with Gasteiger partial charge in [0.05, 0.1) is 12.5 Å². The highest BCUT2D eigenvalue weighted by atomic mass is 19.1. The van der Waals surface area contributed by atoms with Crippen LogP contribution in [0.3, 0.4) is 0 Å². The molecule has 0 fully saturated rings. The Hall–Kier alpha value is -3.41. The maximum Gasteiger partial charge on any atom is 0.165 e. The van der Waals surface area contributed by atoms with E-state index in [2.05, 4.69) is 35.2 Å². The Kier molecular flexibility index (Phi) is 4.03. The molecule has 1 atom stereocenters. The van der Waals surface area contributed by atoms with Gasteiger partial charge in [0.15, 0.2) is 23.1 Å². The summed E-state index contributed by atoms with van der Waals surface area (Å²) < 4.78 is 36.8. The van der Waals surface area contributed by atoms with E-state index in [0.29, 0.717) is 26.4 Å². The van der Waals surface area contributed by atoms with E-state index in [0.717, 1.165) is 40.6 Å². The van der Waals surface area contributed by atoms with Crippen LogP contribution in [0.1, 0.15) is 16.7 Å². The van der Waals surface area contributed by atoms with Crippen molar-refractivity contribution in [3.8, 4) is 23.0 Å². The van der Waals surface area contributed by atoms with E-state index in [9.17, 15) is 4.39 Å². The number of halogens is 1. The van der Waals surface area contributed by atoms with Gasteiger partial charge < -0.3 is 23.8 Å². The molecule has 3 aliphatic heterocycles. The molecule has 0 saturated heterocycles. The van der Waals surface area contributed by atoms with Crippen LogP contribution >= 0.6 is 0 Å². The van der Waals surface area contributed by atoms with Gasteiger partial charge in [0.2, 0.25) is 0 Å². The van der Waals surface area contributed by atoms with Gasteiger partial charge >= 0.3 is 0 Å². The summed E-state index contributed by atoms with van der Waals surface area (Å²) >= 11 is 0. The van der Waals surface area contributed by atoms with Crippen LogP contribution in [0.4, 0.5) is 10.1 Å². The van der Waals surface area contributed by atoms with Gasteiger partial charge in [-0.1, -0.05) is 24.3 Å². The molecule has 0 saturated carbocycles. The van der Waals surface area contributed by atoms with E-state index in [1.807, 2.05) is 12.1 Å². The molecule has 6 heteroatoms. The molecule has 0 aliphatic carbocycles. The van der Waals surface area contributed by atoms with Crippen LogP contribution in [0.25, 0.3) is 0 Å². The van der Waals surface area contributed by atoms with Crippen molar-refractivity contribution in [1.29, 1.82) is 0 Å². The average molecular weight is 419 g/mol. The fourth-order valence-electron chi connectivity index (χ4n) is 5.01. The highest BCUT2D eigenvalue weighted by Gasteiger charge is 2.50. The Labute approximate surface area is 179 Å². The molecule has 1 spiro atoms. The minimum Gasteiger partial charge on any atom is -0.494 e. The van der Waals surface area contributed by atoms with Crippen molar-refractivity contribution in [1.82, 2.24) is 0 Å². The third-order valence-corrected chi connectivity index (χ3v) is 6.44. The molecule has 31 heavy (non-hydrogen) atoms. The van der Waals surface area contributed by atoms with Crippen molar-refractivity contribution in [2.24, 2.45) is 0 Å². The van der Waals surface area contributed by atoms with Gasteiger partial charge in [0, 0.05) is 30.4 Å². The first-order valence-corrected chi connectivity index (χ1v) is 10.4. The molecule has 5 nitrogen and oxygen atoms in total. The number of para-hydroxylation sites is 1. The molecule has 0 radical (unpaired) electrons. The predicted octanol–water partition coefficient (Wildman–Crippen LogP) is 4.30. The number of fused-ring (bicyclic) bond motifs is 5. The van der Waals surface area contributed by atoms with Gasteiger partial charge in [-0.15, -0.1) is 0 Å². The van der Waals surface area contributed by atoms with Crippen LogP contribution in [0.5, 0.6) is 23.0 Å². The SMILES string of the molecule is COc1cc(CN2CC3(COc4cc5c(cc43)OCCO5)c3ccccc32)ccc1F. The maximum atomic E-state index is 13.9. The molecular weight excluding hydrogens is 397 g/mol. The predicted molar refractivity (Wildman–Crippen MR) is 114 cm³/mol. The summed E-state index contributed by atoms with van der Waals surface area (Å²) in [7, 11) is 1.49. The summed E-state index contributed by atoms with van der Waals surface area (Å²) in [5.41, 5.74) is 4.23. The van der Waals surface area contributed by atoms with E-state index in [-0.39, 0.29) is 17.0 Å². The van der Waals surface area contributed by atoms with Crippen LogP contribution in [0, 0.1) is 5.82 Å². The van der Waals surface area contributed by atoms with Crippen LogP contribution in [-0.2, 0) is 12.0 Å². The molecule has 1 unspecified atom stereocenters. The number of ether oxygens (including phenoxy) is 4. The molecule has 3 aliphatic rings. The summed E-state index contributed by atoms with van der Waals surface area (Å²) in [5, 5.41) is 0. The lowest BCUT2D eigenvalue weighted by Crippen LogP contribution is -2.36. The Morgan fingerprint density at radius 3 is 2.58 bits per heavy atom. The van der Waals surface area contributed by atoms with Crippen molar-refractivity contribution >= 4 is 5.69 Å². The standard InChI is InChI=1S/C25H22FNO4/c1-28-22-10-16(6-7-19(22)26)13-27-14-25(17-4-2-3-5-20(17)27)15-31-21-12-24-23(11-18(21)25)29-8-9-30-24/h2-7,10-12H,8-9,13-15H2,1H3. The zero-order valence-corrected chi connectivity index (χ0v) is 17.2. The number of hydrogen-bond donors (Lipinski definition) is 0. The van der Waals surface area contributed by atoms with Gasteiger partial charge in [0.1, 0.15) is 25.6 Å². The molecule has 0 aromatic heterocycles. The first kappa shape index (κ1) is 18.4. The quantitative estimate of drug-likeness (QED) is 0.633. The average Bonchev–Trinajstić information content (AvgIpc) is 3.32. The monoisotopic (exact) mass is 419 g/mol. The summed E-state index contributed by atoms with van der Waals surface area (Å²) in [4.78, 5) is 2.33. The Bertz CT molecular complexity index is 1180. The van der Waals surface area contributed by atoms with Gasteiger partial charge in [-0.25, -0.2) is 4.39 Å². The van der Waals surface area contributed by atoms with Crippen molar-refractivity contribution in [3.63, 3.8) is 0 Å². The second kappa shape index (κ2) is 6.80. The minimum absolute atomic E-state index is 0.262. The topological polar surface area (TPSA) is 40.2 Å². The Morgan fingerprint density at radius 1 is 0.935 bits per heavy atom. The normalized spacial score (nSPS) is 20.4. The summed E-state index contributed by atoms with van der Waals surface area (Å²) in [5.74, 6) is 2.27. The molecule has 3 aromatic rings. The van der Waals surface area contributed by atoms with E-state index < -0.39 is 0 Å². The molecule has 0 bridgehead atoms. The lowest BCUT2D eigenvalue weighted by atomic mass is 9.77. The fraction of sp³-hybridized carbons (Fsp3) is 0.280. The Morgan fingerprint density at radius 2 is 1.74 bits per heavy atom. The van der Waals surface area contributed by atoms with Crippen LogP contribution in [0.2, 0.25) is 0 Å². The highest BCUT2D eigenvalue weighted by Crippen LogP contribution is 2.54. The largest absolute Gasteiger partial charge is 0.494 e. The number of benzene rings is 3. The first-order valence-electron chi connectivity index (χ1n) is 10.4. The lowest BCUT2D eigenvalue weighted by Gasteiger charge is -2.26. The van der Waals surface area contributed by atoms with Crippen molar-refractivity contribution in [2.75, 3.05) is 38.4 Å². The lowest BCUT2D eigenvalue weighted by molar-refractivity contribution is 0.171. The van der Waals surface area contributed by atoms with Crippen molar-refractivity contribution in [3.05, 3.63) is 77.1 Å². The zero-order valence-electron chi connectivity index (χ0n) is 17.2. The van der Waals surface area contributed by atoms with E-state index >= 15 is 0 Å². The van der Waals surface area contributed by atoms with Crippen LogP contribution in [0.15, 0.2) is 54.6 Å². The summed E-state index contributed by atoms with van der Waals surface area (Å²) in [6.07, 6.45) is 0. The van der Waals surface area contributed by atoms with Crippen molar-refractivity contribution in [2.45, 2.75) is 12.0 Å². The van der Waals surface area contributed by atoms with Gasteiger partial charge in [-0.05, 0) is 35.4 Å². The summed E-state index contributed by atoms with van der Waals surface area (Å²) in [6, 6.07) is 17.5. The van der Waals surface area contributed by atoms with Crippen molar-refractivity contribution < 1.29 is 23.3 Å². The number of anilines is 1. The van der Waals surface area contributed by atoms with Crippen LogP contribution < -0.4 is 23.8 Å². The highest BCUT2D eigenvalue weighted by molar-refractivity contribution is 5.70. The number of methoxy groups -OCH3 is 1. The number of nitrogens with zero attached hydrogens (tertiary/aromatic N) is 1. The second-order valence-corrected chi connectivity index (χ2v) is 8.20. The maximum absolute atomic E-state index is 13.9. The smallest absolute Gasteiger partial charge is 0.165 e. The molecule has 3 aromatic carbocycles. The third kappa shape index (κ3) is 2.74. The van der Waals surface area contributed by atoms with Crippen LogP contribution in [-0.4, -0.2) is 33.5 Å².